The van der Waals surface area contributed by atoms with Crippen molar-refractivity contribution in [2.45, 2.75) is 258 Å². The highest BCUT2D eigenvalue weighted by molar-refractivity contribution is 5.71. The van der Waals surface area contributed by atoms with Crippen LogP contribution in [0, 0.1) is 0 Å². The van der Waals surface area contributed by atoms with Crippen LogP contribution in [0.1, 0.15) is 252 Å². The van der Waals surface area contributed by atoms with E-state index in [4.69, 9.17) is 14.2 Å². The average Bonchev–Trinajstić information content (AvgIpc) is 3.21. The highest BCUT2D eigenvalue weighted by Gasteiger charge is 2.19. The molecule has 0 heterocycles. The lowest BCUT2D eigenvalue weighted by Gasteiger charge is -2.18. The van der Waals surface area contributed by atoms with E-state index in [9.17, 15) is 14.4 Å². The zero-order chi connectivity index (χ0) is 41.5. The van der Waals surface area contributed by atoms with Gasteiger partial charge in [0.05, 0.1) is 0 Å². The summed E-state index contributed by atoms with van der Waals surface area (Å²) in [5.41, 5.74) is 0. The zero-order valence-electron chi connectivity index (χ0n) is 37.9. The molecule has 0 fully saturated rings. The summed E-state index contributed by atoms with van der Waals surface area (Å²) in [5, 5.41) is 0. The molecule has 0 saturated heterocycles. The van der Waals surface area contributed by atoms with Gasteiger partial charge in [-0.1, -0.05) is 218 Å². The number of hydrogen-bond donors (Lipinski definition) is 0. The Hall–Kier alpha value is -2.37. The fourth-order valence-electron chi connectivity index (χ4n) is 6.99. The Labute approximate surface area is 353 Å². The van der Waals surface area contributed by atoms with Gasteiger partial charge in [0.1, 0.15) is 13.2 Å². The average molecular weight is 801 g/mol. The van der Waals surface area contributed by atoms with Gasteiger partial charge in [-0.05, 0) is 51.4 Å². The molecule has 6 heteroatoms. The molecule has 1 unspecified atom stereocenters. The zero-order valence-corrected chi connectivity index (χ0v) is 37.9. The maximum absolute atomic E-state index is 12.7. The molecular weight excluding hydrogens is 709 g/mol. The second-order valence-corrected chi connectivity index (χ2v) is 16.4. The van der Waals surface area contributed by atoms with Crippen molar-refractivity contribution in [1.82, 2.24) is 0 Å². The normalized spacial score (nSPS) is 12.3. The smallest absolute Gasteiger partial charge is 0.306 e. The fraction of sp³-hybridized carbons (Fsp3) is 0.824. The van der Waals surface area contributed by atoms with Crippen molar-refractivity contribution in [2.24, 2.45) is 0 Å². The highest BCUT2D eigenvalue weighted by Crippen LogP contribution is 2.15. The Kier molecular flexibility index (Phi) is 44.4. The van der Waals surface area contributed by atoms with E-state index in [0.717, 1.165) is 89.9 Å². The molecule has 0 radical (unpaired) electrons. The number of rotatable bonds is 44. The van der Waals surface area contributed by atoms with Gasteiger partial charge >= 0.3 is 17.9 Å². The number of ether oxygens (including phenoxy) is 3. The first kappa shape index (κ1) is 54.6. The third-order valence-corrected chi connectivity index (χ3v) is 10.7. The van der Waals surface area contributed by atoms with Crippen molar-refractivity contribution in [3.8, 4) is 0 Å². The Balaban J connectivity index is 4.33. The van der Waals surface area contributed by atoms with Crippen LogP contribution in [0.3, 0.4) is 0 Å². The lowest BCUT2D eigenvalue weighted by atomic mass is 10.0. The molecule has 0 bridgehead atoms. The van der Waals surface area contributed by atoms with E-state index in [-0.39, 0.29) is 31.1 Å². The maximum Gasteiger partial charge on any atom is 0.306 e. The minimum Gasteiger partial charge on any atom is -0.462 e. The van der Waals surface area contributed by atoms with Crippen molar-refractivity contribution in [2.75, 3.05) is 13.2 Å². The number of esters is 3. The predicted molar refractivity (Wildman–Crippen MR) is 242 cm³/mol. The molecule has 1 atom stereocenters. The summed E-state index contributed by atoms with van der Waals surface area (Å²) < 4.78 is 16.7. The van der Waals surface area contributed by atoms with E-state index in [1.165, 1.54) is 122 Å². The number of allylic oxidation sites excluding steroid dienone is 6. The Bertz CT molecular complexity index is 969. The molecule has 0 aliphatic carbocycles. The number of unbranched alkanes of at least 4 members (excludes halogenated alkanes) is 27. The van der Waals surface area contributed by atoms with Crippen LogP contribution in [0.4, 0.5) is 0 Å². The molecule has 0 aliphatic rings. The van der Waals surface area contributed by atoms with Gasteiger partial charge in [0.2, 0.25) is 0 Å². The molecular formula is C51H92O6. The van der Waals surface area contributed by atoms with E-state index in [0.29, 0.717) is 19.3 Å². The largest absolute Gasteiger partial charge is 0.462 e. The molecule has 0 amide bonds. The molecule has 57 heavy (non-hydrogen) atoms. The van der Waals surface area contributed by atoms with E-state index < -0.39 is 6.10 Å². The van der Waals surface area contributed by atoms with E-state index in [1.807, 2.05) is 0 Å². The number of carbonyl (C=O) groups excluding carboxylic acids is 3. The summed E-state index contributed by atoms with van der Waals surface area (Å²) in [6.45, 7) is 6.50. The molecule has 0 aromatic heterocycles. The van der Waals surface area contributed by atoms with E-state index in [1.54, 1.807) is 0 Å². The van der Waals surface area contributed by atoms with Crippen molar-refractivity contribution in [3.05, 3.63) is 36.5 Å². The predicted octanol–water partition coefficient (Wildman–Crippen LogP) is 15.8. The third kappa shape index (κ3) is 44.6. The summed E-state index contributed by atoms with van der Waals surface area (Å²) in [5.74, 6) is -0.895. The third-order valence-electron chi connectivity index (χ3n) is 10.7. The van der Waals surface area contributed by atoms with Crippen LogP contribution in [0.5, 0.6) is 0 Å². The molecule has 0 aromatic carbocycles. The Morgan fingerprint density at radius 1 is 0.368 bits per heavy atom. The van der Waals surface area contributed by atoms with Crippen LogP contribution in [0.25, 0.3) is 0 Å². The summed E-state index contributed by atoms with van der Waals surface area (Å²) in [6.07, 6.45) is 52.7. The first-order valence-corrected chi connectivity index (χ1v) is 24.5. The lowest BCUT2D eigenvalue weighted by Crippen LogP contribution is -2.30. The maximum atomic E-state index is 12.7. The van der Waals surface area contributed by atoms with Gasteiger partial charge in [-0.3, -0.25) is 14.4 Å². The summed E-state index contributed by atoms with van der Waals surface area (Å²) in [7, 11) is 0. The van der Waals surface area contributed by atoms with Gasteiger partial charge in [-0.2, -0.15) is 0 Å². The summed E-state index contributed by atoms with van der Waals surface area (Å²) in [6, 6.07) is 0. The van der Waals surface area contributed by atoms with Crippen LogP contribution >= 0.6 is 0 Å². The van der Waals surface area contributed by atoms with Crippen molar-refractivity contribution < 1.29 is 28.6 Å². The van der Waals surface area contributed by atoms with Gasteiger partial charge in [0.25, 0.3) is 0 Å². The minimum atomic E-state index is -0.777. The second kappa shape index (κ2) is 46.3. The van der Waals surface area contributed by atoms with Gasteiger partial charge < -0.3 is 14.2 Å². The molecule has 0 saturated carbocycles. The van der Waals surface area contributed by atoms with E-state index in [2.05, 4.69) is 57.2 Å². The van der Waals surface area contributed by atoms with Crippen molar-refractivity contribution >= 4 is 17.9 Å². The SMILES string of the molecule is CC/C=C\C/C=C\C/C=C\CCCCCCC(=O)OC(COC(=O)CCCCCCCCCCC)COC(=O)CCCCCCCCCCCCCCCCCC. The summed E-state index contributed by atoms with van der Waals surface area (Å²) in [4.78, 5) is 37.8. The van der Waals surface area contributed by atoms with Crippen LogP contribution < -0.4 is 0 Å². The topological polar surface area (TPSA) is 78.9 Å². The molecule has 0 N–H and O–H groups in total. The van der Waals surface area contributed by atoms with Gasteiger partial charge in [0.15, 0.2) is 6.10 Å². The first-order chi connectivity index (χ1) is 28.0. The molecule has 332 valence electrons. The van der Waals surface area contributed by atoms with Crippen molar-refractivity contribution in [1.29, 1.82) is 0 Å². The Morgan fingerprint density at radius 2 is 0.684 bits per heavy atom. The minimum absolute atomic E-state index is 0.0777. The lowest BCUT2D eigenvalue weighted by molar-refractivity contribution is -0.167. The standard InChI is InChI=1S/C51H92O6/c1-4-7-10-13-16-19-21-23-25-26-28-29-32-35-38-41-44-50(53)56-47-48(46-55-49(52)43-40-37-34-31-18-15-12-9-6-3)57-51(54)45-42-39-36-33-30-27-24-22-20-17-14-11-8-5-2/h8,11,17,20,24,27,48H,4-7,9-10,12-16,18-19,21-23,25-26,28-47H2,1-3H3/b11-8-,20-17-,27-24-. The first-order valence-electron chi connectivity index (χ1n) is 24.5. The molecule has 0 aliphatic heterocycles. The second-order valence-electron chi connectivity index (χ2n) is 16.4. The van der Waals surface area contributed by atoms with Crippen LogP contribution in [-0.2, 0) is 28.6 Å². The van der Waals surface area contributed by atoms with Gasteiger partial charge in [-0.15, -0.1) is 0 Å². The van der Waals surface area contributed by atoms with Crippen LogP contribution in [0.2, 0.25) is 0 Å². The fourth-order valence-corrected chi connectivity index (χ4v) is 6.99. The Morgan fingerprint density at radius 3 is 1.07 bits per heavy atom. The number of hydrogen-bond acceptors (Lipinski definition) is 6. The highest BCUT2D eigenvalue weighted by atomic mass is 16.6. The monoisotopic (exact) mass is 801 g/mol. The van der Waals surface area contributed by atoms with Gasteiger partial charge in [0, 0.05) is 19.3 Å². The molecule has 0 rings (SSSR count). The molecule has 0 aromatic rings. The van der Waals surface area contributed by atoms with Crippen LogP contribution in [-0.4, -0.2) is 37.2 Å². The number of carbonyl (C=O) groups is 3. The van der Waals surface area contributed by atoms with Crippen molar-refractivity contribution in [3.63, 3.8) is 0 Å². The molecule has 0 spiro atoms. The molecule has 6 nitrogen and oxygen atoms in total. The van der Waals surface area contributed by atoms with Crippen LogP contribution in [0.15, 0.2) is 36.5 Å². The van der Waals surface area contributed by atoms with E-state index >= 15 is 0 Å². The van der Waals surface area contributed by atoms with Gasteiger partial charge in [-0.25, -0.2) is 0 Å². The quantitative estimate of drug-likeness (QED) is 0.0264. The summed E-state index contributed by atoms with van der Waals surface area (Å²) >= 11 is 0.